The van der Waals surface area contributed by atoms with E-state index in [-0.39, 0.29) is 17.9 Å². The summed E-state index contributed by atoms with van der Waals surface area (Å²) >= 11 is 17.7. The number of nitrogens with two attached hydrogens (primary N) is 1. The van der Waals surface area contributed by atoms with E-state index in [1.54, 1.807) is 6.07 Å². The third kappa shape index (κ3) is 2.91. The van der Waals surface area contributed by atoms with Crippen LogP contribution in [0.1, 0.15) is 19.3 Å². The van der Waals surface area contributed by atoms with Crippen molar-refractivity contribution >= 4 is 46.4 Å². The van der Waals surface area contributed by atoms with Crippen LogP contribution in [0.5, 0.6) is 0 Å². The van der Waals surface area contributed by atoms with E-state index in [1.165, 1.54) is 6.07 Å². The topological polar surface area (TPSA) is 55.1 Å². The van der Waals surface area contributed by atoms with Crippen LogP contribution in [0.25, 0.3) is 0 Å². The zero-order valence-electron chi connectivity index (χ0n) is 9.55. The summed E-state index contributed by atoms with van der Waals surface area (Å²) in [6, 6.07) is 2.98. The van der Waals surface area contributed by atoms with Gasteiger partial charge in [0.1, 0.15) is 0 Å². The summed E-state index contributed by atoms with van der Waals surface area (Å²) in [5.74, 6) is -0.268. The van der Waals surface area contributed by atoms with Gasteiger partial charge < -0.3 is 11.1 Å². The molecule has 0 saturated heterocycles. The van der Waals surface area contributed by atoms with Crippen LogP contribution >= 0.6 is 34.8 Å². The van der Waals surface area contributed by atoms with Gasteiger partial charge in [-0.1, -0.05) is 41.2 Å². The van der Waals surface area contributed by atoms with Crippen molar-refractivity contribution in [2.75, 3.05) is 5.32 Å². The predicted octanol–water partition coefficient (Wildman–Crippen LogP) is 3.71. The molecule has 18 heavy (non-hydrogen) atoms. The quantitative estimate of drug-likeness (QED) is 0.818. The molecule has 1 fully saturated rings. The normalized spacial score (nSPS) is 23.1. The van der Waals surface area contributed by atoms with Gasteiger partial charge in [0.2, 0.25) is 5.91 Å². The third-order valence-electron chi connectivity index (χ3n) is 3.17. The van der Waals surface area contributed by atoms with E-state index in [0.717, 1.165) is 19.3 Å². The third-order valence-corrected chi connectivity index (χ3v) is 4.21. The molecule has 98 valence electrons. The van der Waals surface area contributed by atoms with Crippen LogP contribution in [0.15, 0.2) is 12.1 Å². The molecule has 0 bridgehead atoms. The number of carbonyl (C=O) groups excluding carboxylic acids is 1. The molecule has 1 aliphatic rings. The Kier molecular flexibility index (Phi) is 4.38. The Bertz CT molecular complexity index is 479. The number of amides is 1. The molecule has 1 saturated carbocycles. The molecule has 0 heterocycles. The molecule has 1 aromatic carbocycles. The van der Waals surface area contributed by atoms with E-state index in [4.69, 9.17) is 40.5 Å². The van der Waals surface area contributed by atoms with Gasteiger partial charge in [-0.05, 0) is 25.0 Å². The van der Waals surface area contributed by atoms with E-state index >= 15 is 0 Å². The van der Waals surface area contributed by atoms with Gasteiger partial charge in [0, 0.05) is 6.04 Å². The lowest BCUT2D eigenvalue weighted by Gasteiger charge is -2.16. The van der Waals surface area contributed by atoms with Crippen LogP contribution in [0, 0.1) is 5.92 Å². The van der Waals surface area contributed by atoms with Crippen LogP contribution in [-0.4, -0.2) is 11.9 Å². The van der Waals surface area contributed by atoms with Crippen LogP contribution in [-0.2, 0) is 4.79 Å². The second-order valence-electron chi connectivity index (χ2n) is 4.44. The first-order chi connectivity index (χ1) is 8.49. The fourth-order valence-corrected chi connectivity index (χ4v) is 2.75. The summed E-state index contributed by atoms with van der Waals surface area (Å²) in [5.41, 5.74) is 6.35. The zero-order valence-corrected chi connectivity index (χ0v) is 11.8. The molecule has 2 atom stereocenters. The standard InChI is InChI=1S/C12H13Cl3N2O/c13-7-4-9(15)11(5-8(7)14)17-12(18)6-2-1-3-10(6)16/h4-6,10H,1-3,16H2,(H,17,18). The molecule has 1 amide bonds. The first-order valence-corrected chi connectivity index (χ1v) is 6.83. The second kappa shape index (κ2) is 5.66. The Morgan fingerprint density at radius 1 is 1.17 bits per heavy atom. The van der Waals surface area contributed by atoms with Crippen LogP contribution < -0.4 is 11.1 Å². The summed E-state index contributed by atoms with van der Waals surface area (Å²) < 4.78 is 0. The summed E-state index contributed by atoms with van der Waals surface area (Å²) in [5, 5.41) is 3.83. The lowest BCUT2D eigenvalue weighted by Crippen LogP contribution is -2.34. The molecule has 6 heteroatoms. The average molecular weight is 308 g/mol. The summed E-state index contributed by atoms with van der Waals surface area (Å²) in [6.45, 7) is 0. The first-order valence-electron chi connectivity index (χ1n) is 5.70. The highest BCUT2D eigenvalue weighted by Crippen LogP contribution is 2.33. The molecule has 1 aliphatic carbocycles. The van der Waals surface area contributed by atoms with Gasteiger partial charge in [0.15, 0.2) is 0 Å². The molecule has 2 unspecified atom stereocenters. The van der Waals surface area contributed by atoms with Gasteiger partial charge in [0.05, 0.1) is 26.7 Å². The Hall–Kier alpha value is -0.480. The maximum Gasteiger partial charge on any atom is 0.229 e. The molecule has 0 spiro atoms. The highest BCUT2D eigenvalue weighted by molar-refractivity contribution is 6.44. The van der Waals surface area contributed by atoms with Gasteiger partial charge >= 0.3 is 0 Å². The Morgan fingerprint density at radius 3 is 2.44 bits per heavy atom. The number of halogens is 3. The number of hydrogen-bond donors (Lipinski definition) is 2. The predicted molar refractivity (Wildman–Crippen MR) is 75.4 cm³/mol. The van der Waals surface area contributed by atoms with Crippen molar-refractivity contribution in [2.24, 2.45) is 11.7 Å². The fourth-order valence-electron chi connectivity index (χ4n) is 2.16. The molecular formula is C12H13Cl3N2O. The monoisotopic (exact) mass is 306 g/mol. The van der Waals surface area contributed by atoms with Gasteiger partial charge in [0.25, 0.3) is 0 Å². The molecule has 3 N–H and O–H groups in total. The van der Waals surface area contributed by atoms with Gasteiger partial charge in [-0.2, -0.15) is 0 Å². The number of carbonyl (C=O) groups is 1. The molecule has 2 rings (SSSR count). The van der Waals surface area contributed by atoms with Gasteiger partial charge in [-0.15, -0.1) is 0 Å². The maximum absolute atomic E-state index is 12.0. The molecule has 1 aromatic rings. The number of rotatable bonds is 2. The fraction of sp³-hybridized carbons (Fsp3) is 0.417. The largest absolute Gasteiger partial charge is 0.327 e. The zero-order chi connectivity index (χ0) is 13.3. The Labute approximate surface area is 121 Å². The van der Waals surface area contributed by atoms with Crippen molar-refractivity contribution in [3.05, 3.63) is 27.2 Å². The SMILES string of the molecule is NC1CCCC1C(=O)Nc1cc(Cl)c(Cl)cc1Cl. The van der Waals surface area contributed by atoms with Crippen LogP contribution in [0.2, 0.25) is 15.1 Å². The Morgan fingerprint density at radius 2 is 1.83 bits per heavy atom. The van der Waals surface area contributed by atoms with Crippen molar-refractivity contribution < 1.29 is 4.79 Å². The lowest BCUT2D eigenvalue weighted by atomic mass is 10.0. The minimum absolute atomic E-state index is 0.0773. The van der Waals surface area contributed by atoms with Gasteiger partial charge in [-0.25, -0.2) is 0 Å². The number of hydrogen-bond acceptors (Lipinski definition) is 2. The van der Waals surface area contributed by atoms with E-state index in [9.17, 15) is 4.79 Å². The summed E-state index contributed by atoms with van der Waals surface area (Å²) in [6.07, 6.45) is 2.67. The summed E-state index contributed by atoms with van der Waals surface area (Å²) in [7, 11) is 0. The summed E-state index contributed by atoms with van der Waals surface area (Å²) in [4.78, 5) is 12.0. The molecule has 0 aliphatic heterocycles. The molecular weight excluding hydrogens is 295 g/mol. The Balaban J connectivity index is 2.14. The molecule has 0 radical (unpaired) electrons. The minimum Gasteiger partial charge on any atom is -0.327 e. The van der Waals surface area contributed by atoms with Crippen molar-refractivity contribution in [3.8, 4) is 0 Å². The highest BCUT2D eigenvalue weighted by Gasteiger charge is 2.30. The van der Waals surface area contributed by atoms with Crippen molar-refractivity contribution in [1.82, 2.24) is 0 Å². The number of benzene rings is 1. The molecule has 0 aromatic heterocycles. The van der Waals surface area contributed by atoms with Crippen LogP contribution in [0.3, 0.4) is 0 Å². The number of anilines is 1. The smallest absolute Gasteiger partial charge is 0.229 e. The van der Waals surface area contributed by atoms with Crippen molar-refractivity contribution in [2.45, 2.75) is 25.3 Å². The molecule has 3 nitrogen and oxygen atoms in total. The van der Waals surface area contributed by atoms with Crippen LogP contribution in [0.4, 0.5) is 5.69 Å². The minimum atomic E-state index is -0.157. The van der Waals surface area contributed by atoms with Crippen molar-refractivity contribution in [1.29, 1.82) is 0 Å². The van der Waals surface area contributed by atoms with E-state index in [2.05, 4.69) is 5.32 Å². The first kappa shape index (κ1) is 13.9. The highest BCUT2D eigenvalue weighted by atomic mass is 35.5. The average Bonchev–Trinajstić information content (AvgIpc) is 2.72. The van der Waals surface area contributed by atoms with E-state index in [1.807, 2.05) is 0 Å². The van der Waals surface area contributed by atoms with Gasteiger partial charge in [-0.3, -0.25) is 4.79 Å². The lowest BCUT2D eigenvalue weighted by molar-refractivity contribution is -0.120. The van der Waals surface area contributed by atoms with Crippen molar-refractivity contribution in [3.63, 3.8) is 0 Å². The second-order valence-corrected chi connectivity index (χ2v) is 5.66. The maximum atomic E-state index is 12.0. The number of nitrogens with one attached hydrogen (secondary N) is 1. The van der Waals surface area contributed by atoms with E-state index in [0.29, 0.717) is 20.8 Å². The van der Waals surface area contributed by atoms with E-state index < -0.39 is 0 Å².